The Kier molecular flexibility index (Phi) is 4.33. The predicted molar refractivity (Wildman–Crippen MR) is 68.6 cm³/mol. The molecule has 0 radical (unpaired) electrons. The van der Waals surface area contributed by atoms with E-state index in [1.807, 2.05) is 6.26 Å². The highest BCUT2D eigenvalue weighted by atomic mass is 32.2. The number of hydrogen-bond acceptors (Lipinski definition) is 6. The molecule has 0 spiro atoms. The first-order valence-corrected chi connectivity index (χ1v) is 7.02. The van der Waals surface area contributed by atoms with Crippen molar-refractivity contribution in [3.8, 4) is 0 Å². The first-order chi connectivity index (χ1) is 9.11. The summed E-state index contributed by atoms with van der Waals surface area (Å²) in [6.07, 6.45) is 4.50. The summed E-state index contributed by atoms with van der Waals surface area (Å²) in [7, 11) is 0. The summed E-state index contributed by atoms with van der Waals surface area (Å²) in [5, 5.41) is 10.8. The maximum atomic E-state index is 12.2. The summed E-state index contributed by atoms with van der Waals surface area (Å²) in [6, 6.07) is 0.799. The number of hydrazine groups is 1. The van der Waals surface area contributed by atoms with Gasteiger partial charge in [-0.05, 0) is 25.2 Å². The summed E-state index contributed by atoms with van der Waals surface area (Å²) in [5.74, 6) is -1.28. The molecule has 2 N–H and O–H groups in total. The zero-order chi connectivity index (χ0) is 13.8. The average Bonchev–Trinajstić information content (AvgIpc) is 2.46. The molecular formula is C11H14N4O3S. The van der Waals surface area contributed by atoms with Crippen LogP contribution in [-0.4, -0.2) is 50.8 Å². The molecule has 1 unspecified atom stereocenters. The number of hydrogen-bond donors (Lipinski definition) is 2. The van der Waals surface area contributed by atoms with Crippen molar-refractivity contribution in [3.05, 3.63) is 18.0 Å². The molecule has 0 saturated carbocycles. The van der Waals surface area contributed by atoms with E-state index >= 15 is 0 Å². The van der Waals surface area contributed by atoms with E-state index in [1.165, 1.54) is 29.0 Å². The number of amides is 1. The van der Waals surface area contributed by atoms with Crippen molar-refractivity contribution >= 4 is 23.6 Å². The van der Waals surface area contributed by atoms with Gasteiger partial charge in [0.15, 0.2) is 5.16 Å². The van der Waals surface area contributed by atoms with Crippen molar-refractivity contribution in [2.45, 2.75) is 24.0 Å². The minimum Gasteiger partial charge on any atom is -0.480 e. The fourth-order valence-electron chi connectivity index (χ4n) is 1.81. The van der Waals surface area contributed by atoms with Crippen LogP contribution in [0.5, 0.6) is 0 Å². The van der Waals surface area contributed by atoms with E-state index in [0.29, 0.717) is 24.5 Å². The predicted octanol–water partition coefficient (Wildman–Crippen LogP) is 0.392. The van der Waals surface area contributed by atoms with E-state index in [4.69, 9.17) is 5.11 Å². The largest absolute Gasteiger partial charge is 0.480 e. The van der Waals surface area contributed by atoms with Gasteiger partial charge in [0.25, 0.3) is 5.91 Å². The third-order valence-corrected chi connectivity index (χ3v) is 3.33. The number of carboxylic acids is 1. The molecular weight excluding hydrogens is 268 g/mol. The summed E-state index contributed by atoms with van der Waals surface area (Å²) in [5.41, 5.74) is 2.97. The van der Waals surface area contributed by atoms with Gasteiger partial charge in [0.2, 0.25) is 0 Å². The Morgan fingerprint density at radius 3 is 3.05 bits per heavy atom. The molecule has 1 amide bonds. The van der Waals surface area contributed by atoms with Crippen LogP contribution in [-0.2, 0) is 4.79 Å². The Balaban J connectivity index is 2.12. The number of rotatable bonds is 3. The van der Waals surface area contributed by atoms with Crippen LogP contribution in [0.4, 0.5) is 0 Å². The Bertz CT molecular complexity index is 497. The second-order valence-corrected chi connectivity index (χ2v) is 4.82. The Labute approximate surface area is 114 Å². The summed E-state index contributed by atoms with van der Waals surface area (Å²) in [4.78, 5) is 31.2. The monoisotopic (exact) mass is 282 g/mol. The molecule has 102 valence electrons. The van der Waals surface area contributed by atoms with Crippen molar-refractivity contribution in [1.82, 2.24) is 20.4 Å². The number of carbonyl (C=O) groups excluding carboxylic acids is 1. The third-order valence-electron chi connectivity index (χ3n) is 2.76. The molecule has 1 aromatic rings. The van der Waals surface area contributed by atoms with Gasteiger partial charge in [0.1, 0.15) is 11.7 Å². The smallest absolute Gasteiger partial charge is 0.322 e. The molecule has 0 aliphatic carbocycles. The molecule has 1 aliphatic rings. The molecule has 0 bridgehead atoms. The summed E-state index contributed by atoms with van der Waals surface area (Å²) in [6.45, 7) is 0.473. The molecule has 19 heavy (non-hydrogen) atoms. The number of nitrogens with zero attached hydrogens (tertiary/aromatic N) is 3. The third kappa shape index (κ3) is 3.21. The van der Waals surface area contributed by atoms with Gasteiger partial charge >= 0.3 is 5.97 Å². The van der Waals surface area contributed by atoms with E-state index in [2.05, 4.69) is 15.4 Å². The molecule has 0 aromatic carbocycles. The van der Waals surface area contributed by atoms with E-state index in [1.54, 1.807) is 0 Å². The minimum absolute atomic E-state index is 0.262. The summed E-state index contributed by atoms with van der Waals surface area (Å²) >= 11 is 1.34. The standard InChI is InChI=1S/C11H14N4O3S/c1-19-11-12-5-4-7(13-11)9(16)15-6-2-3-8(14-15)10(17)18/h4-5,8,14H,2-3,6H2,1H3,(H,17,18). The highest BCUT2D eigenvalue weighted by molar-refractivity contribution is 7.98. The lowest BCUT2D eigenvalue weighted by molar-refractivity contribution is -0.141. The van der Waals surface area contributed by atoms with Gasteiger partial charge in [-0.2, -0.15) is 0 Å². The first kappa shape index (κ1) is 13.8. The summed E-state index contributed by atoms with van der Waals surface area (Å²) < 4.78 is 0. The van der Waals surface area contributed by atoms with Crippen molar-refractivity contribution in [2.75, 3.05) is 12.8 Å². The van der Waals surface area contributed by atoms with Crippen LogP contribution in [0.1, 0.15) is 23.3 Å². The molecule has 1 atom stereocenters. The van der Waals surface area contributed by atoms with Crippen LogP contribution in [0.2, 0.25) is 0 Å². The maximum absolute atomic E-state index is 12.2. The topological polar surface area (TPSA) is 95.4 Å². The number of carbonyl (C=O) groups is 2. The van der Waals surface area contributed by atoms with Gasteiger partial charge in [-0.15, -0.1) is 0 Å². The van der Waals surface area contributed by atoms with Crippen molar-refractivity contribution in [1.29, 1.82) is 0 Å². The van der Waals surface area contributed by atoms with Gasteiger partial charge < -0.3 is 5.11 Å². The van der Waals surface area contributed by atoms with Gasteiger partial charge in [-0.1, -0.05) is 11.8 Å². The van der Waals surface area contributed by atoms with E-state index in [0.717, 1.165) is 0 Å². The zero-order valence-corrected chi connectivity index (χ0v) is 11.2. The lowest BCUT2D eigenvalue weighted by Crippen LogP contribution is -2.55. The fraction of sp³-hybridized carbons (Fsp3) is 0.455. The van der Waals surface area contributed by atoms with Gasteiger partial charge in [-0.3, -0.25) is 14.6 Å². The number of thioether (sulfide) groups is 1. The Morgan fingerprint density at radius 2 is 2.37 bits per heavy atom. The van der Waals surface area contributed by atoms with Gasteiger partial charge in [-0.25, -0.2) is 15.4 Å². The van der Waals surface area contributed by atoms with Crippen molar-refractivity contribution in [3.63, 3.8) is 0 Å². The molecule has 8 heteroatoms. The molecule has 1 aromatic heterocycles. The Morgan fingerprint density at radius 1 is 1.58 bits per heavy atom. The van der Waals surface area contributed by atoms with Gasteiger partial charge in [0, 0.05) is 12.7 Å². The molecule has 1 aliphatic heterocycles. The molecule has 1 fully saturated rings. The molecule has 2 heterocycles. The van der Waals surface area contributed by atoms with Crippen molar-refractivity contribution in [2.24, 2.45) is 0 Å². The van der Waals surface area contributed by atoms with Crippen LogP contribution < -0.4 is 5.43 Å². The zero-order valence-electron chi connectivity index (χ0n) is 10.4. The van der Waals surface area contributed by atoms with Crippen LogP contribution in [0.25, 0.3) is 0 Å². The molecule has 2 rings (SSSR count). The lowest BCUT2D eigenvalue weighted by atomic mass is 10.1. The SMILES string of the molecule is CSc1nccc(C(=O)N2CCCC(C(=O)O)N2)n1. The second-order valence-electron chi connectivity index (χ2n) is 4.05. The van der Waals surface area contributed by atoms with E-state index in [-0.39, 0.29) is 11.6 Å². The quantitative estimate of drug-likeness (QED) is 0.611. The number of nitrogens with one attached hydrogen (secondary N) is 1. The lowest BCUT2D eigenvalue weighted by Gasteiger charge is -2.31. The maximum Gasteiger partial charge on any atom is 0.322 e. The van der Waals surface area contributed by atoms with Crippen LogP contribution in [0, 0.1) is 0 Å². The number of carboxylic acid groups (broad SMARTS) is 1. The van der Waals surface area contributed by atoms with Gasteiger partial charge in [0.05, 0.1) is 0 Å². The highest BCUT2D eigenvalue weighted by Gasteiger charge is 2.28. The average molecular weight is 282 g/mol. The number of aromatic nitrogens is 2. The van der Waals surface area contributed by atoms with E-state index < -0.39 is 12.0 Å². The van der Waals surface area contributed by atoms with Crippen LogP contribution >= 0.6 is 11.8 Å². The first-order valence-electron chi connectivity index (χ1n) is 5.79. The van der Waals surface area contributed by atoms with Crippen LogP contribution in [0.3, 0.4) is 0 Å². The fourth-order valence-corrected chi connectivity index (χ4v) is 2.16. The molecule has 1 saturated heterocycles. The normalized spacial score (nSPS) is 19.2. The van der Waals surface area contributed by atoms with E-state index in [9.17, 15) is 9.59 Å². The number of aliphatic carboxylic acids is 1. The van der Waals surface area contributed by atoms with Crippen LogP contribution in [0.15, 0.2) is 17.4 Å². The Hall–Kier alpha value is -1.67. The second kappa shape index (κ2) is 5.98. The highest BCUT2D eigenvalue weighted by Crippen LogP contribution is 2.12. The molecule has 7 nitrogen and oxygen atoms in total. The van der Waals surface area contributed by atoms with Crippen molar-refractivity contribution < 1.29 is 14.7 Å². The minimum atomic E-state index is -0.954.